The Bertz CT molecular complexity index is 851. The molecule has 4 nitrogen and oxygen atoms in total. The zero-order valence-corrected chi connectivity index (χ0v) is 16.7. The summed E-state index contributed by atoms with van der Waals surface area (Å²) < 4.78 is 6.64. The van der Waals surface area contributed by atoms with Crippen LogP contribution in [0.1, 0.15) is 24.5 Å². The van der Waals surface area contributed by atoms with Crippen LogP contribution in [0.2, 0.25) is 0 Å². The van der Waals surface area contributed by atoms with Crippen molar-refractivity contribution in [3.8, 4) is 5.75 Å². The van der Waals surface area contributed by atoms with E-state index in [-0.39, 0.29) is 17.7 Å². The lowest BCUT2D eigenvalue weighted by atomic mass is 10.1. The van der Waals surface area contributed by atoms with Gasteiger partial charge in [0, 0.05) is 10.0 Å². The monoisotopic (exact) mass is 431 g/mol. The molecular weight excluding hydrogens is 414 g/mol. The van der Waals surface area contributed by atoms with Crippen LogP contribution in [0, 0.1) is 0 Å². The number of nitrogens with zero attached hydrogens (tertiary/aromatic N) is 1. The second kappa shape index (κ2) is 8.56. The van der Waals surface area contributed by atoms with Gasteiger partial charge in [-0.25, -0.2) is 0 Å². The van der Waals surface area contributed by atoms with Gasteiger partial charge in [-0.2, -0.15) is 0 Å². The summed E-state index contributed by atoms with van der Waals surface area (Å²) in [5.41, 5.74) is 1.70. The first-order chi connectivity index (χ1) is 12.6. The molecule has 2 aromatic carbocycles. The van der Waals surface area contributed by atoms with Crippen LogP contribution in [0.4, 0.5) is 4.79 Å². The smallest absolute Gasteiger partial charge is 0.293 e. The van der Waals surface area contributed by atoms with E-state index in [1.165, 1.54) is 4.90 Å². The molecule has 0 N–H and O–H groups in total. The zero-order valence-electron chi connectivity index (χ0n) is 14.3. The lowest BCUT2D eigenvalue weighted by Crippen LogP contribution is -2.27. The number of amides is 2. The number of carbonyl (C=O) groups excluding carboxylic acids is 2. The number of hydrogen-bond acceptors (Lipinski definition) is 4. The quantitative estimate of drug-likeness (QED) is 0.568. The summed E-state index contributed by atoms with van der Waals surface area (Å²) in [5.74, 6) is 0.426. The van der Waals surface area contributed by atoms with E-state index in [0.717, 1.165) is 33.8 Å². The first-order valence-electron chi connectivity index (χ1n) is 8.30. The Morgan fingerprint density at radius 1 is 1.15 bits per heavy atom. The molecule has 0 aromatic heterocycles. The summed E-state index contributed by atoms with van der Waals surface area (Å²) in [6, 6.07) is 15.1. The third kappa shape index (κ3) is 4.37. The molecule has 2 aromatic rings. The van der Waals surface area contributed by atoms with E-state index in [0.29, 0.717) is 17.3 Å². The Kier molecular flexibility index (Phi) is 6.16. The van der Waals surface area contributed by atoms with E-state index >= 15 is 0 Å². The summed E-state index contributed by atoms with van der Waals surface area (Å²) in [5, 5.41) is -0.254. The number of imide groups is 1. The minimum atomic E-state index is -0.273. The van der Waals surface area contributed by atoms with Crippen molar-refractivity contribution in [3.63, 3.8) is 0 Å². The van der Waals surface area contributed by atoms with Gasteiger partial charge in [0.15, 0.2) is 0 Å². The molecule has 2 amide bonds. The average molecular weight is 432 g/mol. The van der Waals surface area contributed by atoms with Crippen molar-refractivity contribution < 1.29 is 14.3 Å². The highest BCUT2D eigenvalue weighted by Crippen LogP contribution is 2.35. The molecule has 3 rings (SSSR count). The molecule has 1 saturated heterocycles. The summed E-state index contributed by atoms with van der Waals surface area (Å²) in [7, 11) is 0. The van der Waals surface area contributed by atoms with Crippen molar-refractivity contribution in [2.24, 2.45) is 0 Å². The number of halogens is 1. The molecule has 0 spiro atoms. The van der Waals surface area contributed by atoms with Crippen molar-refractivity contribution in [3.05, 3.63) is 69.0 Å². The van der Waals surface area contributed by atoms with Crippen LogP contribution in [0.25, 0.3) is 6.08 Å². The second-order valence-corrected chi connectivity index (χ2v) is 7.69. The zero-order chi connectivity index (χ0) is 18.5. The highest BCUT2D eigenvalue weighted by Gasteiger charge is 2.35. The van der Waals surface area contributed by atoms with Crippen LogP contribution in [0.5, 0.6) is 5.75 Å². The predicted octanol–water partition coefficient (Wildman–Crippen LogP) is 5.47. The summed E-state index contributed by atoms with van der Waals surface area (Å²) >= 11 is 4.41. The molecule has 26 heavy (non-hydrogen) atoms. The molecule has 0 radical (unpaired) electrons. The average Bonchev–Trinajstić information content (AvgIpc) is 2.89. The second-order valence-electron chi connectivity index (χ2n) is 5.78. The molecule has 1 aliphatic heterocycles. The summed E-state index contributed by atoms with van der Waals surface area (Å²) in [6.45, 7) is 2.91. The van der Waals surface area contributed by atoms with Gasteiger partial charge in [0.1, 0.15) is 5.75 Å². The fourth-order valence-electron chi connectivity index (χ4n) is 2.52. The summed E-state index contributed by atoms with van der Waals surface area (Å²) in [4.78, 5) is 26.7. The van der Waals surface area contributed by atoms with Crippen LogP contribution in [-0.4, -0.2) is 22.7 Å². The number of benzene rings is 2. The van der Waals surface area contributed by atoms with E-state index in [9.17, 15) is 9.59 Å². The third-order valence-electron chi connectivity index (χ3n) is 3.78. The summed E-state index contributed by atoms with van der Waals surface area (Å²) in [6.07, 6.45) is 2.62. The van der Waals surface area contributed by atoms with E-state index in [4.69, 9.17) is 4.74 Å². The van der Waals surface area contributed by atoms with Crippen LogP contribution < -0.4 is 4.74 Å². The molecule has 1 heterocycles. The van der Waals surface area contributed by atoms with Crippen molar-refractivity contribution in [1.29, 1.82) is 0 Å². The molecule has 0 unspecified atom stereocenters. The maximum Gasteiger partial charge on any atom is 0.293 e. The molecule has 0 aliphatic carbocycles. The lowest BCUT2D eigenvalue weighted by Gasteiger charge is -2.12. The predicted molar refractivity (Wildman–Crippen MR) is 108 cm³/mol. The highest BCUT2D eigenvalue weighted by molar-refractivity contribution is 9.10. The standard InChI is InChI=1S/C20H18BrNO3S/c1-2-10-25-17-9-8-16(21)11-15(17)12-18-19(23)22(20(24)26-18)13-14-6-4-3-5-7-14/h3-9,11-12H,2,10,13H2,1H3/b18-12-. The Morgan fingerprint density at radius 2 is 1.92 bits per heavy atom. The van der Waals surface area contributed by atoms with Crippen molar-refractivity contribution >= 4 is 44.9 Å². The van der Waals surface area contributed by atoms with Gasteiger partial charge >= 0.3 is 0 Å². The molecule has 0 bridgehead atoms. The minimum absolute atomic E-state index is 0.254. The maximum atomic E-state index is 12.7. The Balaban J connectivity index is 1.85. The number of hydrogen-bond donors (Lipinski definition) is 0. The number of carbonyl (C=O) groups is 2. The fourth-order valence-corrected chi connectivity index (χ4v) is 3.73. The van der Waals surface area contributed by atoms with Gasteiger partial charge < -0.3 is 4.74 Å². The molecule has 1 fully saturated rings. The first kappa shape index (κ1) is 18.7. The van der Waals surface area contributed by atoms with Gasteiger partial charge in [-0.1, -0.05) is 53.2 Å². The van der Waals surface area contributed by atoms with Gasteiger partial charge in [-0.3, -0.25) is 14.5 Å². The molecule has 6 heteroatoms. The Morgan fingerprint density at radius 3 is 2.65 bits per heavy atom. The lowest BCUT2D eigenvalue weighted by molar-refractivity contribution is -0.123. The minimum Gasteiger partial charge on any atom is -0.493 e. The fraction of sp³-hybridized carbons (Fsp3) is 0.200. The van der Waals surface area contributed by atoms with Crippen LogP contribution in [0.3, 0.4) is 0 Å². The SMILES string of the molecule is CCCOc1ccc(Br)cc1/C=C1\SC(=O)N(Cc2ccccc2)C1=O. The van der Waals surface area contributed by atoms with Crippen LogP contribution in [0.15, 0.2) is 57.9 Å². The Hall–Kier alpha value is -2.05. The van der Waals surface area contributed by atoms with E-state index in [2.05, 4.69) is 15.9 Å². The molecular formula is C20H18BrNO3S. The van der Waals surface area contributed by atoms with Gasteiger partial charge in [0.25, 0.3) is 11.1 Å². The molecule has 134 valence electrons. The van der Waals surface area contributed by atoms with Crippen molar-refractivity contribution in [2.45, 2.75) is 19.9 Å². The third-order valence-corrected chi connectivity index (χ3v) is 5.18. The van der Waals surface area contributed by atoms with E-state index < -0.39 is 0 Å². The molecule has 0 saturated carbocycles. The normalized spacial score (nSPS) is 15.8. The maximum absolute atomic E-state index is 12.7. The van der Waals surface area contributed by atoms with Crippen LogP contribution in [-0.2, 0) is 11.3 Å². The van der Waals surface area contributed by atoms with E-state index in [1.807, 2.05) is 55.5 Å². The first-order valence-corrected chi connectivity index (χ1v) is 9.91. The van der Waals surface area contributed by atoms with E-state index in [1.54, 1.807) is 6.08 Å². The van der Waals surface area contributed by atoms with Crippen molar-refractivity contribution in [2.75, 3.05) is 6.61 Å². The molecule has 1 aliphatic rings. The topological polar surface area (TPSA) is 46.6 Å². The van der Waals surface area contributed by atoms with Crippen LogP contribution >= 0.6 is 27.7 Å². The largest absolute Gasteiger partial charge is 0.493 e. The Labute approximate surface area is 165 Å². The van der Waals surface area contributed by atoms with Gasteiger partial charge in [0.05, 0.1) is 18.1 Å². The molecule has 0 atom stereocenters. The van der Waals surface area contributed by atoms with Gasteiger partial charge in [0.2, 0.25) is 0 Å². The number of ether oxygens (including phenoxy) is 1. The highest BCUT2D eigenvalue weighted by atomic mass is 79.9. The van der Waals surface area contributed by atoms with Crippen molar-refractivity contribution in [1.82, 2.24) is 4.90 Å². The van der Waals surface area contributed by atoms with Gasteiger partial charge in [-0.15, -0.1) is 0 Å². The number of rotatable bonds is 6. The van der Waals surface area contributed by atoms with Gasteiger partial charge in [-0.05, 0) is 48.0 Å². The number of thioether (sulfide) groups is 1.